The molecule has 6 heteroatoms. The third-order valence-electron chi connectivity index (χ3n) is 1.68. The topological polar surface area (TPSA) is 82.1 Å². The molecule has 1 N–H and O–H groups in total. The summed E-state index contributed by atoms with van der Waals surface area (Å²) >= 11 is 0. The molecule has 0 aliphatic rings. The number of esters is 2. The summed E-state index contributed by atoms with van der Waals surface area (Å²) in [6.07, 6.45) is 0.00249. The van der Waals surface area contributed by atoms with E-state index in [2.05, 4.69) is 0 Å². The molecule has 0 aromatic heterocycles. The zero-order valence-electron chi connectivity index (χ0n) is 11.2. The molecular formula is C12H22O6. The number of hydrogen-bond donors (Lipinski definition) is 1. The number of carbonyl (C=O) groups excluding carboxylic acids is 2. The summed E-state index contributed by atoms with van der Waals surface area (Å²) in [5.41, 5.74) is -0.543. The Labute approximate surface area is 107 Å². The van der Waals surface area contributed by atoms with Crippen LogP contribution in [0.5, 0.6) is 0 Å². The monoisotopic (exact) mass is 262 g/mol. The molecule has 0 radical (unpaired) electrons. The van der Waals surface area contributed by atoms with E-state index < -0.39 is 17.5 Å². The van der Waals surface area contributed by atoms with E-state index in [0.29, 0.717) is 0 Å². The Morgan fingerprint density at radius 3 is 2.17 bits per heavy atom. The lowest BCUT2D eigenvalue weighted by atomic mass is 10.2. The van der Waals surface area contributed by atoms with E-state index in [4.69, 9.17) is 19.3 Å². The molecule has 0 bridgehead atoms. The number of aliphatic hydroxyl groups is 1. The van der Waals surface area contributed by atoms with Crippen LogP contribution >= 0.6 is 0 Å². The van der Waals surface area contributed by atoms with Crippen molar-refractivity contribution in [3.63, 3.8) is 0 Å². The maximum Gasteiger partial charge on any atom is 0.306 e. The Bertz CT molecular complexity index is 256. The van der Waals surface area contributed by atoms with Crippen LogP contribution in [0.4, 0.5) is 0 Å². The van der Waals surface area contributed by atoms with Crippen LogP contribution in [0.25, 0.3) is 0 Å². The van der Waals surface area contributed by atoms with Crippen LogP contribution in [0.15, 0.2) is 0 Å². The standard InChI is InChI=1S/C12H22O6/c1-12(2,3)18-11(15)5-4-10(14)17-9-8-16-7-6-13/h13H,4-9H2,1-3H3. The van der Waals surface area contributed by atoms with E-state index in [0.717, 1.165) is 0 Å². The maximum absolute atomic E-state index is 11.3. The molecule has 0 rings (SSSR count). The fraction of sp³-hybridized carbons (Fsp3) is 0.833. The summed E-state index contributed by atoms with van der Waals surface area (Å²) in [6, 6.07) is 0. The van der Waals surface area contributed by atoms with E-state index in [1.165, 1.54) is 0 Å². The van der Waals surface area contributed by atoms with Gasteiger partial charge in [0.15, 0.2) is 0 Å². The fourth-order valence-corrected chi connectivity index (χ4v) is 1.05. The summed E-state index contributed by atoms with van der Waals surface area (Å²) in [6.45, 7) is 5.80. The Kier molecular flexibility index (Phi) is 8.32. The molecule has 0 aliphatic carbocycles. The van der Waals surface area contributed by atoms with Crippen molar-refractivity contribution in [3.8, 4) is 0 Å². The lowest BCUT2D eigenvalue weighted by molar-refractivity contribution is -0.158. The van der Waals surface area contributed by atoms with E-state index in [9.17, 15) is 9.59 Å². The van der Waals surface area contributed by atoms with Crippen molar-refractivity contribution < 1.29 is 28.9 Å². The number of rotatable bonds is 8. The average molecular weight is 262 g/mol. The average Bonchev–Trinajstić information content (AvgIpc) is 2.24. The van der Waals surface area contributed by atoms with Gasteiger partial charge in [-0.05, 0) is 20.8 Å². The summed E-state index contributed by atoms with van der Waals surface area (Å²) < 4.78 is 14.8. The molecule has 106 valence electrons. The van der Waals surface area contributed by atoms with Gasteiger partial charge in [0.2, 0.25) is 0 Å². The zero-order chi connectivity index (χ0) is 14.0. The first-order valence-electron chi connectivity index (χ1n) is 5.91. The number of ether oxygens (including phenoxy) is 3. The van der Waals surface area contributed by atoms with Gasteiger partial charge in [-0.1, -0.05) is 0 Å². The van der Waals surface area contributed by atoms with Crippen LogP contribution in [0.3, 0.4) is 0 Å². The third-order valence-corrected chi connectivity index (χ3v) is 1.68. The Morgan fingerprint density at radius 2 is 1.61 bits per heavy atom. The van der Waals surface area contributed by atoms with E-state index in [-0.39, 0.29) is 39.3 Å². The maximum atomic E-state index is 11.3. The molecule has 0 spiro atoms. The van der Waals surface area contributed by atoms with Crippen LogP contribution in [-0.2, 0) is 23.8 Å². The molecule has 0 unspecified atom stereocenters. The molecule has 0 saturated carbocycles. The molecule has 6 nitrogen and oxygen atoms in total. The lowest BCUT2D eigenvalue weighted by Crippen LogP contribution is -2.24. The second-order valence-corrected chi connectivity index (χ2v) is 4.64. The smallest absolute Gasteiger partial charge is 0.306 e. The van der Waals surface area contributed by atoms with Crippen molar-refractivity contribution in [2.45, 2.75) is 39.2 Å². The molecule has 0 aromatic carbocycles. The Hall–Kier alpha value is -1.14. The summed E-state index contributed by atoms with van der Waals surface area (Å²) in [5.74, 6) is -0.885. The predicted molar refractivity (Wildman–Crippen MR) is 63.9 cm³/mol. The molecule has 0 aromatic rings. The van der Waals surface area contributed by atoms with Crippen LogP contribution in [0.1, 0.15) is 33.6 Å². The third kappa shape index (κ3) is 11.3. The van der Waals surface area contributed by atoms with Crippen LogP contribution in [-0.4, -0.2) is 49.1 Å². The van der Waals surface area contributed by atoms with Crippen LogP contribution in [0.2, 0.25) is 0 Å². The van der Waals surface area contributed by atoms with Crippen LogP contribution < -0.4 is 0 Å². The van der Waals surface area contributed by atoms with Crippen LogP contribution in [0, 0.1) is 0 Å². The highest BCUT2D eigenvalue weighted by Gasteiger charge is 2.17. The predicted octanol–water partition coefficient (Wildman–Crippen LogP) is 0.660. The SMILES string of the molecule is CC(C)(C)OC(=O)CCC(=O)OCCOCCO. The highest BCUT2D eigenvalue weighted by atomic mass is 16.6. The molecule has 0 saturated heterocycles. The van der Waals surface area contributed by atoms with Gasteiger partial charge < -0.3 is 19.3 Å². The zero-order valence-corrected chi connectivity index (χ0v) is 11.2. The van der Waals surface area contributed by atoms with Crippen molar-refractivity contribution in [3.05, 3.63) is 0 Å². The van der Waals surface area contributed by atoms with Gasteiger partial charge in [-0.25, -0.2) is 0 Å². The van der Waals surface area contributed by atoms with Crippen molar-refractivity contribution in [2.24, 2.45) is 0 Å². The number of carbonyl (C=O) groups is 2. The number of hydrogen-bond acceptors (Lipinski definition) is 6. The van der Waals surface area contributed by atoms with Gasteiger partial charge in [-0.3, -0.25) is 9.59 Å². The van der Waals surface area contributed by atoms with Crippen molar-refractivity contribution in [2.75, 3.05) is 26.4 Å². The first-order chi connectivity index (χ1) is 8.35. The van der Waals surface area contributed by atoms with Gasteiger partial charge >= 0.3 is 11.9 Å². The highest BCUT2D eigenvalue weighted by molar-refractivity contribution is 5.77. The molecule has 0 atom stereocenters. The van der Waals surface area contributed by atoms with E-state index >= 15 is 0 Å². The van der Waals surface area contributed by atoms with Gasteiger partial charge in [-0.2, -0.15) is 0 Å². The molecular weight excluding hydrogens is 240 g/mol. The van der Waals surface area contributed by atoms with Gasteiger partial charge in [0.25, 0.3) is 0 Å². The summed E-state index contributed by atoms with van der Waals surface area (Å²) in [4.78, 5) is 22.5. The van der Waals surface area contributed by atoms with Gasteiger partial charge in [0.05, 0.1) is 32.7 Å². The fourth-order valence-electron chi connectivity index (χ4n) is 1.05. The minimum absolute atomic E-state index is 0.00505. The Morgan fingerprint density at radius 1 is 1.00 bits per heavy atom. The largest absolute Gasteiger partial charge is 0.463 e. The molecule has 0 aliphatic heterocycles. The van der Waals surface area contributed by atoms with Gasteiger partial charge in [0, 0.05) is 0 Å². The van der Waals surface area contributed by atoms with E-state index in [1.54, 1.807) is 20.8 Å². The minimum atomic E-state index is -0.543. The van der Waals surface area contributed by atoms with Gasteiger partial charge in [0.1, 0.15) is 12.2 Å². The van der Waals surface area contributed by atoms with E-state index in [1.807, 2.05) is 0 Å². The number of aliphatic hydroxyl groups excluding tert-OH is 1. The second kappa shape index (κ2) is 8.88. The normalized spacial score (nSPS) is 11.1. The van der Waals surface area contributed by atoms with Crippen molar-refractivity contribution in [1.82, 2.24) is 0 Å². The molecule has 0 heterocycles. The summed E-state index contributed by atoms with van der Waals surface area (Å²) in [7, 11) is 0. The lowest BCUT2D eigenvalue weighted by Gasteiger charge is -2.19. The Balaban J connectivity index is 3.55. The second-order valence-electron chi connectivity index (χ2n) is 4.64. The van der Waals surface area contributed by atoms with Gasteiger partial charge in [-0.15, -0.1) is 0 Å². The minimum Gasteiger partial charge on any atom is -0.463 e. The molecule has 0 amide bonds. The molecule has 18 heavy (non-hydrogen) atoms. The first kappa shape index (κ1) is 16.9. The first-order valence-corrected chi connectivity index (χ1v) is 5.91. The quantitative estimate of drug-likeness (QED) is 0.511. The molecule has 0 fully saturated rings. The summed E-state index contributed by atoms with van der Waals surface area (Å²) in [5, 5.41) is 8.43. The highest BCUT2D eigenvalue weighted by Crippen LogP contribution is 2.09. The van der Waals surface area contributed by atoms with Crippen molar-refractivity contribution >= 4 is 11.9 Å². The van der Waals surface area contributed by atoms with Crippen molar-refractivity contribution in [1.29, 1.82) is 0 Å².